The van der Waals surface area contributed by atoms with E-state index in [1.165, 1.54) is 11.3 Å². The molecule has 1 aromatic carbocycles. The Kier molecular flexibility index (Phi) is 9.04. The quantitative estimate of drug-likeness (QED) is 0.537. The lowest BCUT2D eigenvalue weighted by Crippen LogP contribution is -2.38. The van der Waals surface area contributed by atoms with Crippen molar-refractivity contribution in [3.05, 3.63) is 45.9 Å². The first-order chi connectivity index (χ1) is 16.3. The van der Waals surface area contributed by atoms with Gasteiger partial charge in [-0.05, 0) is 64.8 Å². The second-order valence-corrected chi connectivity index (χ2v) is 9.60. The van der Waals surface area contributed by atoms with Gasteiger partial charge in [-0.1, -0.05) is 0 Å². The zero-order valence-electron chi connectivity index (χ0n) is 20.2. The Hall–Kier alpha value is -2.94. The van der Waals surface area contributed by atoms with Gasteiger partial charge in [-0.2, -0.15) is 0 Å². The molecule has 9 heteroatoms. The number of nitrogens with zero attached hydrogens (tertiary/aromatic N) is 2. The van der Waals surface area contributed by atoms with Crippen LogP contribution in [0.2, 0.25) is 0 Å². The van der Waals surface area contributed by atoms with Crippen molar-refractivity contribution in [2.45, 2.75) is 65.0 Å². The molecule has 2 amide bonds. The van der Waals surface area contributed by atoms with Crippen LogP contribution in [0.5, 0.6) is 5.75 Å². The third-order valence-electron chi connectivity index (χ3n) is 5.51. The van der Waals surface area contributed by atoms with Gasteiger partial charge in [-0.25, -0.2) is 4.98 Å². The Labute approximate surface area is 204 Å². The SMILES string of the molecule is CCOC(=O)CC(C)NC(=O)c1csc(C2CCN(C(=O)c3ccc(OC(C)C)cc3)CC2)n1. The molecule has 1 aromatic heterocycles. The molecule has 0 bridgehead atoms. The zero-order valence-corrected chi connectivity index (χ0v) is 21.0. The van der Waals surface area contributed by atoms with Crippen molar-refractivity contribution in [2.75, 3.05) is 19.7 Å². The molecular weight excluding hydrogens is 454 g/mol. The lowest BCUT2D eigenvalue weighted by Gasteiger charge is -2.31. The molecule has 1 aliphatic heterocycles. The molecule has 0 saturated carbocycles. The number of rotatable bonds is 9. The topological polar surface area (TPSA) is 97.8 Å². The normalized spacial score (nSPS) is 15.1. The van der Waals surface area contributed by atoms with Gasteiger partial charge in [-0.15, -0.1) is 11.3 Å². The van der Waals surface area contributed by atoms with Crippen LogP contribution in [0.4, 0.5) is 0 Å². The molecule has 2 aromatic rings. The van der Waals surface area contributed by atoms with Gasteiger partial charge in [0.25, 0.3) is 11.8 Å². The monoisotopic (exact) mass is 487 g/mol. The lowest BCUT2D eigenvalue weighted by atomic mass is 9.97. The Bertz CT molecular complexity index is 981. The van der Waals surface area contributed by atoms with Crippen LogP contribution in [-0.2, 0) is 9.53 Å². The molecule has 0 spiro atoms. The van der Waals surface area contributed by atoms with Gasteiger partial charge >= 0.3 is 5.97 Å². The van der Waals surface area contributed by atoms with Gasteiger partial charge in [0.1, 0.15) is 11.4 Å². The van der Waals surface area contributed by atoms with Crippen molar-refractivity contribution < 1.29 is 23.9 Å². The number of nitrogens with one attached hydrogen (secondary N) is 1. The van der Waals surface area contributed by atoms with Crippen LogP contribution in [-0.4, -0.2) is 59.5 Å². The summed E-state index contributed by atoms with van der Waals surface area (Å²) in [5.74, 6) is 0.357. The Morgan fingerprint density at radius 2 is 1.82 bits per heavy atom. The number of ether oxygens (including phenoxy) is 2. The van der Waals surface area contributed by atoms with Crippen molar-refractivity contribution in [1.29, 1.82) is 0 Å². The molecule has 0 aliphatic carbocycles. The largest absolute Gasteiger partial charge is 0.491 e. The number of benzene rings is 1. The molecule has 3 rings (SSSR count). The minimum Gasteiger partial charge on any atom is -0.491 e. The summed E-state index contributed by atoms with van der Waals surface area (Å²) in [6.07, 6.45) is 1.81. The van der Waals surface area contributed by atoms with Gasteiger partial charge in [0, 0.05) is 36.0 Å². The summed E-state index contributed by atoms with van der Waals surface area (Å²) in [5.41, 5.74) is 1.01. The van der Waals surface area contributed by atoms with Crippen LogP contribution in [0.15, 0.2) is 29.6 Å². The second-order valence-electron chi connectivity index (χ2n) is 8.71. The van der Waals surface area contributed by atoms with E-state index in [2.05, 4.69) is 10.3 Å². The Morgan fingerprint density at radius 3 is 2.44 bits per heavy atom. The molecule has 1 atom stereocenters. The van der Waals surface area contributed by atoms with Crippen LogP contribution >= 0.6 is 11.3 Å². The number of aromatic nitrogens is 1. The first-order valence-electron chi connectivity index (χ1n) is 11.7. The number of esters is 1. The van der Waals surface area contributed by atoms with Gasteiger partial charge < -0.3 is 19.7 Å². The predicted octanol–water partition coefficient (Wildman–Crippen LogP) is 4.02. The van der Waals surface area contributed by atoms with E-state index in [9.17, 15) is 14.4 Å². The highest BCUT2D eigenvalue weighted by atomic mass is 32.1. The summed E-state index contributed by atoms with van der Waals surface area (Å²) in [4.78, 5) is 43.4. The van der Waals surface area contributed by atoms with E-state index in [4.69, 9.17) is 9.47 Å². The fourth-order valence-electron chi connectivity index (χ4n) is 3.86. The van der Waals surface area contributed by atoms with Crippen molar-refractivity contribution in [3.8, 4) is 5.75 Å². The molecule has 2 heterocycles. The predicted molar refractivity (Wildman–Crippen MR) is 130 cm³/mol. The minimum atomic E-state index is -0.338. The summed E-state index contributed by atoms with van der Waals surface area (Å²) in [6, 6.07) is 6.93. The van der Waals surface area contributed by atoms with E-state index in [0.29, 0.717) is 31.0 Å². The number of hydrogen-bond donors (Lipinski definition) is 1. The summed E-state index contributed by atoms with van der Waals surface area (Å²) in [5, 5.41) is 5.46. The first-order valence-corrected chi connectivity index (χ1v) is 12.6. The zero-order chi connectivity index (χ0) is 24.7. The van der Waals surface area contributed by atoms with E-state index >= 15 is 0 Å². The van der Waals surface area contributed by atoms with Crippen LogP contribution in [0, 0.1) is 0 Å². The fraction of sp³-hybridized carbons (Fsp3) is 0.520. The van der Waals surface area contributed by atoms with Crippen molar-refractivity contribution in [1.82, 2.24) is 15.2 Å². The average Bonchev–Trinajstić information content (AvgIpc) is 3.29. The summed E-state index contributed by atoms with van der Waals surface area (Å²) in [6.45, 7) is 9.05. The molecular formula is C25H33N3O5S. The molecule has 1 aliphatic rings. The van der Waals surface area contributed by atoms with E-state index < -0.39 is 0 Å². The summed E-state index contributed by atoms with van der Waals surface area (Å²) < 4.78 is 10.6. The van der Waals surface area contributed by atoms with E-state index in [-0.39, 0.29) is 42.3 Å². The van der Waals surface area contributed by atoms with Gasteiger partial charge in [0.05, 0.1) is 24.1 Å². The van der Waals surface area contributed by atoms with E-state index in [0.717, 1.165) is 23.6 Å². The van der Waals surface area contributed by atoms with E-state index in [1.807, 2.05) is 30.9 Å². The number of likely N-dealkylation sites (tertiary alicyclic amines) is 1. The number of piperidine rings is 1. The van der Waals surface area contributed by atoms with Gasteiger partial charge in [0.15, 0.2) is 0 Å². The van der Waals surface area contributed by atoms with Crippen LogP contribution in [0.1, 0.15) is 78.7 Å². The molecule has 1 N–H and O–H groups in total. The third kappa shape index (κ3) is 7.03. The first kappa shape index (κ1) is 25.7. The van der Waals surface area contributed by atoms with Crippen LogP contribution in [0.25, 0.3) is 0 Å². The number of amides is 2. The highest BCUT2D eigenvalue weighted by Crippen LogP contribution is 2.31. The summed E-state index contributed by atoms with van der Waals surface area (Å²) >= 11 is 1.46. The molecule has 184 valence electrons. The number of hydrogen-bond acceptors (Lipinski definition) is 7. The fourth-order valence-corrected chi connectivity index (χ4v) is 4.83. The van der Waals surface area contributed by atoms with Crippen molar-refractivity contribution in [2.24, 2.45) is 0 Å². The molecule has 34 heavy (non-hydrogen) atoms. The molecule has 0 radical (unpaired) electrons. The highest BCUT2D eigenvalue weighted by Gasteiger charge is 2.27. The van der Waals surface area contributed by atoms with Crippen molar-refractivity contribution >= 4 is 29.1 Å². The Morgan fingerprint density at radius 1 is 1.15 bits per heavy atom. The maximum Gasteiger partial charge on any atom is 0.307 e. The highest BCUT2D eigenvalue weighted by molar-refractivity contribution is 7.09. The minimum absolute atomic E-state index is 0.0179. The maximum atomic E-state index is 12.9. The summed E-state index contributed by atoms with van der Waals surface area (Å²) in [7, 11) is 0. The van der Waals surface area contributed by atoms with Gasteiger partial charge in [0.2, 0.25) is 0 Å². The lowest BCUT2D eigenvalue weighted by molar-refractivity contribution is -0.143. The number of carbonyl (C=O) groups excluding carboxylic acids is 3. The molecule has 1 fully saturated rings. The average molecular weight is 488 g/mol. The van der Waals surface area contributed by atoms with Crippen LogP contribution in [0.3, 0.4) is 0 Å². The third-order valence-corrected chi connectivity index (χ3v) is 6.52. The number of thiazole rings is 1. The molecule has 1 saturated heterocycles. The van der Waals surface area contributed by atoms with Crippen molar-refractivity contribution in [3.63, 3.8) is 0 Å². The standard InChI is InChI=1S/C25H33N3O5S/c1-5-32-22(29)14-17(4)26-23(30)21-15-34-24(27-21)18-10-12-28(13-11-18)25(31)19-6-8-20(9-7-19)33-16(2)3/h6-9,15-18H,5,10-14H2,1-4H3,(H,26,30). The van der Waals surface area contributed by atoms with E-state index in [1.54, 1.807) is 31.4 Å². The smallest absolute Gasteiger partial charge is 0.307 e. The Balaban J connectivity index is 1.50. The maximum absolute atomic E-state index is 12.9. The molecule has 1 unspecified atom stereocenters. The number of carbonyl (C=O) groups is 3. The van der Waals surface area contributed by atoms with Crippen LogP contribution < -0.4 is 10.1 Å². The second kappa shape index (κ2) is 12.0. The molecule has 8 nitrogen and oxygen atoms in total. The van der Waals surface area contributed by atoms with Gasteiger partial charge in [-0.3, -0.25) is 14.4 Å².